The number of carbonyl (C=O) groups excluding carboxylic acids is 3. The highest BCUT2D eigenvalue weighted by Gasteiger charge is 1.94. The topological polar surface area (TPSA) is 120 Å². The summed E-state index contributed by atoms with van der Waals surface area (Å²) in [5.41, 5.74) is 0. The summed E-state index contributed by atoms with van der Waals surface area (Å²) in [6, 6.07) is 0. The minimum atomic E-state index is -0.909. The van der Waals surface area contributed by atoms with Crippen LogP contribution in [0.2, 0.25) is 0 Å². The first-order chi connectivity index (χ1) is 20.3. The number of carboxylic acids is 3. The fourth-order valence-electron chi connectivity index (χ4n) is 4.74. The van der Waals surface area contributed by atoms with Crippen molar-refractivity contribution in [3.63, 3.8) is 0 Å². The highest BCUT2D eigenvalue weighted by molar-refractivity contribution is 5.75. The zero-order valence-electron chi connectivity index (χ0n) is 28.7. The predicted molar refractivity (Wildman–Crippen MR) is 176 cm³/mol. The van der Waals surface area contributed by atoms with E-state index in [2.05, 4.69) is 20.8 Å². The zero-order valence-corrected chi connectivity index (χ0v) is 29.9. The second kappa shape index (κ2) is 45.4. The minimum Gasteiger partial charge on any atom is -0.550 e. The van der Waals surface area contributed by atoms with Gasteiger partial charge in [0.15, 0.2) is 0 Å². The Labute approximate surface area is 277 Å². The first-order valence-corrected chi connectivity index (χ1v) is 17.9. The largest absolute Gasteiger partial charge is 0.550 e. The van der Waals surface area contributed by atoms with E-state index in [4.69, 9.17) is 0 Å². The van der Waals surface area contributed by atoms with Gasteiger partial charge < -0.3 is 29.7 Å². The number of hydrogen-bond donors (Lipinski definition) is 0. The van der Waals surface area contributed by atoms with Crippen LogP contribution in [0, 0.1) is 0 Å². The molecule has 0 aliphatic carbocycles. The molecule has 0 aliphatic rings. The molecule has 0 unspecified atom stereocenters. The Morgan fingerprint density at radius 1 is 0.302 bits per heavy atom. The van der Waals surface area contributed by atoms with Crippen molar-refractivity contribution in [2.75, 3.05) is 0 Å². The molecule has 0 heterocycles. The molecule has 0 aromatic heterocycles. The van der Waals surface area contributed by atoms with Gasteiger partial charge in [0.2, 0.25) is 0 Å². The third-order valence-electron chi connectivity index (χ3n) is 7.45. The van der Waals surface area contributed by atoms with Crippen LogP contribution in [-0.4, -0.2) is 35.3 Å². The van der Waals surface area contributed by atoms with Gasteiger partial charge in [-0.3, -0.25) is 0 Å². The van der Waals surface area contributed by atoms with Crippen molar-refractivity contribution >= 4 is 35.3 Å². The molecule has 0 fully saturated rings. The fraction of sp³-hybridized carbons (Fsp3) is 0.917. The second-order valence-corrected chi connectivity index (χ2v) is 11.9. The lowest BCUT2D eigenvalue weighted by Crippen LogP contribution is -2.21. The van der Waals surface area contributed by atoms with Crippen molar-refractivity contribution in [1.29, 1.82) is 0 Å². The molecule has 0 spiro atoms. The number of rotatable bonds is 30. The van der Waals surface area contributed by atoms with Gasteiger partial charge in [-0.2, -0.15) is 0 Å². The minimum absolute atomic E-state index is 0. The van der Waals surface area contributed by atoms with Crippen LogP contribution >= 0.6 is 0 Å². The van der Waals surface area contributed by atoms with E-state index in [9.17, 15) is 29.7 Å². The van der Waals surface area contributed by atoms with Crippen molar-refractivity contribution in [2.24, 2.45) is 0 Å². The third-order valence-corrected chi connectivity index (χ3v) is 7.45. The monoisotopic (exact) mass is 624 g/mol. The Balaban J connectivity index is -0.000000262. The molecule has 43 heavy (non-hydrogen) atoms. The SMILES string of the molecule is CCCCCCCCCCCC(=O)[O-].CCCCCCCCCCCC(=O)[O-].CCCCCCCCCCCC(=O)[O-].[Al]. The highest BCUT2D eigenvalue weighted by atomic mass is 27.0. The van der Waals surface area contributed by atoms with Crippen molar-refractivity contribution < 1.29 is 29.7 Å². The predicted octanol–water partition coefficient (Wildman–Crippen LogP) is 7.59. The summed E-state index contributed by atoms with van der Waals surface area (Å²) in [4.78, 5) is 30.3. The zero-order chi connectivity index (χ0) is 31.9. The summed E-state index contributed by atoms with van der Waals surface area (Å²) in [6.45, 7) is 6.67. The van der Waals surface area contributed by atoms with Gasteiger partial charge in [0.1, 0.15) is 0 Å². The first-order valence-electron chi connectivity index (χ1n) is 17.9. The normalized spacial score (nSPS) is 10.1. The number of aliphatic carboxylic acids is 3. The van der Waals surface area contributed by atoms with Crippen molar-refractivity contribution in [3.05, 3.63) is 0 Å². The van der Waals surface area contributed by atoms with Crippen LogP contribution in [0.25, 0.3) is 0 Å². The summed E-state index contributed by atoms with van der Waals surface area (Å²) in [6.07, 6.45) is 33.5. The maximum absolute atomic E-state index is 10.1. The number of carbonyl (C=O) groups is 3. The summed E-state index contributed by atoms with van der Waals surface area (Å²) in [5, 5.41) is 30.3. The molecule has 0 saturated heterocycles. The smallest absolute Gasteiger partial charge is 0.0414 e. The molecule has 6 nitrogen and oxygen atoms in total. The van der Waals surface area contributed by atoms with Gasteiger partial charge in [0, 0.05) is 35.3 Å². The van der Waals surface area contributed by atoms with Crippen LogP contribution in [0.3, 0.4) is 0 Å². The van der Waals surface area contributed by atoms with Gasteiger partial charge in [0.25, 0.3) is 0 Å². The Morgan fingerprint density at radius 2 is 0.442 bits per heavy atom. The average Bonchev–Trinajstić information content (AvgIpc) is 2.95. The average molecular weight is 625 g/mol. The lowest BCUT2D eigenvalue weighted by molar-refractivity contribution is -0.307. The molecule has 0 aromatic carbocycles. The first kappa shape index (κ1) is 48.8. The maximum Gasteiger partial charge on any atom is 0.0414 e. The van der Waals surface area contributed by atoms with Gasteiger partial charge in [-0.05, 0) is 38.5 Å². The van der Waals surface area contributed by atoms with E-state index in [0.717, 1.165) is 38.5 Å². The molecule has 0 N–H and O–H groups in total. The standard InChI is InChI=1S/3C12H24O2.Al/c3*1-2-3-4-5-6-7-8-9-10-11-12(13)14;/h3*2-11H2,1H3,(H,13,14);/p-3. The summed E-state index contributed by atoms with van der Waals surface area (Å²) >= 11 is 0. The Bertz CT molecular complexity index is 480. The van der Waals surface area contributed by atoms with E-state index >= 15 is 0 Å². The van der Waals surface area contributed by atoms with Crippen LogP contribution < -0.4 is 15.3 Å². The molecule has 0 atom stereocenters. The quantitative estimate of drug-likeness (QED) is 0.0600. The Kier molecular flexibility index (Phi) is 51.5. The van der Waals surface area contributed by atoms with Crippen molar-refractivity contribution in [2.45, 2.75) is 213 Å². The van der Waals surface area contributed by atoms with E-state index in [1.807, 2.05) is 0 Å². The number of carboxylic acid groups (broad SMARTS) is 3. The van der Waals surface area contributed by atoms with Crippen molar-refractivity contribution in [3.8, 4) is 0 Å². The fourth-order valence-corrected chi connectivity index (χ4v) is 4.74. The van der Waals surface area contributed by atoms with E-state index in [0.29, 0.717) is 0 Å². The van der Waals surface area contributed by atoms with Crippen LogP contribution in [0.4, 0.5) is 0 Å². The molecule has 0 saturated carbocycles. The Morgan fingerprint density at radius 3 is 0.581 bits per heavy atom. The maximum atomic E-state index is 10.1. The lowest BCUT2D eigenvalue weighted by atomic mass is 10.1. The van der Waals surface area contributed by atoms with E-state index in [1.165, 1.54) is 135 Å². The second-order valence-electron chi connectivity index (χ2n) is 11.9. The summed E-state index contributed by atoms with van der Waals surface area (Å²) < 4.78 is 0. The van der Waals surface area contributed by atoms with Crippen LogP contribution in [0.1, 0.15) is 213 Å². The van der Waals surface area contributed by atoms with E-state index < -0.39 is 17.9 Å². The summed E-state index contributed by atoms with van der Waals surface area (Å²) in [7, 11) is 0. The molecule has 0 aliphatic heterocycles. The highest BCUT2D eigenvalue weighted by Crippen LogP contribution is 2.12. The third kappa shape index (κ3) is 60.9. The molecule has 3 radical (unpaired) electrons. The molecule has 0 rings (SSSR count). The molecule has 7 heteroatoms. The van der Waals surface area contributed by atoms with Gasteiger partial charge in [0.05, 0.1) is 0 Å². The molecule has 255 valence electrons. The lowest BCUT2D eigenvalue weighted by Gasteiger charge is -2.02. The van der Waals surface area contributed by atoms with Gasteiger partial charge in [-0.25, -0.2) is 0 Å². The molecular weight excluding hydrogens is 555 g/mol. The van der Waals surface area contributed by atoms with Crippen LogP contribution in [0.15, 0.2) is 0 Å². The number of hydrogen-bond acceptors (Lipinski definition) is 6. The molecule has 0 bridgehead atoms. The molecular formula is C36H69AlO6-3. The number of unbranched alkanes of at least 4 members (excludes halogenated alkanes) is 24. The van der Waals surface area contributed by atoms with E-state index in [-0.39, 0.29) is 36.6 Å². The van der Waals surface area contributed by atoms with Crippen LogP contribution in [-0.2, 0) is 14.4 Å². The van der Waals surface area contributed by atoms with Crippen LogP contribution in [0.5, 0.6) is 0 Å². The van der Waals surface area contributed by atoms with Crippen molar-refractivity contribution in [1.82, 2.24) is 0 Å². The van der Waals surface area contributed by atoms with Gasteiger partial charge in [-0.15, -0.1) is 0 Å². The van der Waals surface area contributed by atoms with Gasteiger partial charge in [-0.1, -0.05) is 175 Å². The Hall–Kier alpha value is -1.06. The molecule has 0 amide bonds. The summed E-state index contributed by atoms with van der Waals surface area (Å²) in [5.74, 6) is -2.73. The molecule has 0 aromatic rings. The van der Waals surface area contributed by atoms with Gasteiger partial charge >= 0.3 is 0 Å². The van der Waals surface area contributed by atoms with E-state index in [1.54, 1.807) is 0 Å².